The molecule has 2 aromatic carbocycles. The van der Waals surface area contributed by atoms with Crippen molar-refractivity contribution < 1.29 is 22.3 Å². The minimum absolute atomic E-state index is 0.250. The highest BCUT2D eigenvalue weighted by Crippen LogP contribution is 2.24. The van der Waals surface area contributed by atoms with Crippen LogP contribution in [0.15, 0.2) is 48.5 Å². The number of carbonyl (C=O) groups is 1. The Morgan fingerprint density at radius 1 is 1.20 bits per heavy atom. The van der Waals surface area contributed by atoms with Crippen molar-refractivity contribution in [1.29, 1.82) is 0 Å². The molecule has 0 saturated carbocycles. The van der Waals surface area contributed by atoms with Gasteiger partial charge in [0.2, 0.25) is 15.9 Å². The highest BCUT2D eigenvalue weighted by molar-refractivity contribution is 7.92. The topological polar surface area (TPSA) is 75.7 Å². The molecular formula is C17H19FN2O4S. The van der Waals surface area contributed by atoms with E-state index >= 15 is 0 Å². The lowest BCUT2D eigenvalue weighted by Crippen LogP contribution is -2.45. The van der Waals surface area contributed by atoms with Gasteiger partial charge in [-0.05, 0) is 49.4 Å². The van der Waals surface area contributed by atoms with Gasteiger partial charge in [0.15, 0.2) is 0 Å². The monoisotopic (exact) mass is 366 g/mol. The van der Waals surface area contributed by atoms with Crippen LogP contribution in [0.4, 0.5) is 15.8 Å². The van der Waals surface area contributed by atoms with Crippen LogP contribution in [0.1, 0.15) is 6.92 Å². The Balaban J connectivity index is 2.29. The molecule has 0 fully saturated rings. The molecule has 0 aromatic heterocycles. The molecule has 1 N–H and O–H groups in total. The molecule has 0 spiro atoms. The summed E-state index contributed by atoms with van der Waals surface area (Å²) in [5.41, 5.74) is 0.574. The van der Waals surface area contributed by atoms with Crippen LogP contribution in [-0.2, 0) is 14.8 Å². The van der Waals surface area contributed by atoms with E-state index in [2.05, 4.69) is 5.32 Å². The van der Waals surface area contributed by atoms with E-state index in [9.17, 15) is 17.6 Å². The van der Waals surface area contributed by atoms with Crippen molar-refractivity contribution >= 4 is 27.3 Å². The van der Waals surface area contributed by atoms with Gasteiger partial charge in [0.1, 0.15) is 17.6 Å². The molecule has 25 heavy (non-hydrogen) atoms. The lowest BCUT2D eigenvalue weighted by atomic mass is 10.2. The number of sulfonamides is 1. The second-order valence-corrected chi connectivity index (χ2v) is 7.29. The van der Waals surface area contributed by atoms with E-state index < -0.39 is 27.8 Å². The van der Waals surface area contributed by atoms with Crippen LogP contribution in [-0.4, -0.2) is 33.7 Å². The van der Waals surface area contributed by atoms with Crippen molar-refractivity contribution in [2.24, 2.45) is 0 Å². The Kier molecular flexibility index (Phi) is 5.63. The molecule has 0 saturated heterocycles. The van der Waals surface area contributed by atoms with Crippen molar-refractivity contribution in [3.63, 3.8) is 0 Å². The van der Waals surface area contributed by atoms with Crippen molar-refractivity contribution in [1.82, 2.24) is 0 Å². The number of anilines is 2. The molecule has 0 aliphatic rings. The zero-order chi connectivity index (χ0) is 18.6. The van der Waals surface area contributed by atoms with Crippen LogP contribution in [0.2, 0.25) is 0 Å². The second-order valence-electron chi connectivity index (χ2n) is 5.43. The predicted molar refractivity (Wildman–Crippen MR) is 94.8 cm³/mol. The molecule has 1 atom stereocenters. The first-order valence-electron chi connectivity index (χ1n) is 7.42. The highest BCUT2D eigenvalue weighted by atomic mass is 32.2. The average molecular weight is 366 g/mol. The summed E-state index contributed by atoms with van der Waals surface area (Å²) < 4.78 is 43.7. The molecule has 6 nitrogen and oxygen atoms in total. The van der Waals surface area contributed by atoms with E-state index in [1.54, 1.807) is 24.3 Å². The standard InChI is InChI=1S/C17H19FN2O4S/c1-12(17(21)19-14-6-4-5-13(18)11-14)20(25(3,22)23)15-7-9-16(24-2)10-8-15/h4-12H,1-3H3,(H,19,21)/t12-/m0/s1. The first kappa shape index (κ1) is 18.7. The molecule has 0 radical (unpaired) electrons. The van der Waals surface area contributed by atoms with Gasteiger partial charge < -0.3 is 10.1 Å². The quantitative estimate of drug-likeness (QED) is 0.853. The number of methoxy groups -OCH3 is 1. The molecule has 2 aromatic rings. The Bertz CT molecular complexity index is 853. The summed E-state index contributed by atoms with van der Waals surface area (Å²) in [5, 5.41) is 2.52. The number of hydrogen-bond acceptors (Lipinski definition) is 4. The van der Waals surface area contributed by atoms with Crippen molar-refractivity contribution in [3.8, 4) is 5.75 Å². The van der Waals surface area contributed by atoms with Crippen LogP contribution >= 0.6 is 0 Å². The van der Waals surface area contributed by atoms with E-state index in [4.69, 9.17) is 4.74 Å². The zero-order valence-corrected chi connectivity index (χ0v) is 14.9. The van der Waals surface area contributed by atoms with Gasteiger partial charge in [0, 0.05) is 5.69 Å². The van der Waals surface area contributed by atoms with Gasteiger partial charge in [-0.15, -0.1) is 0 Å². The van der Waals surface area contributed by atoms with Gasteiger partial charge in [-0.3, -0.25) is 9.10 Å². The third-order valence-electron chi connectivity index (χ3n) is 3.51. The Morgan fingerprint density at radius 2 is 1.84 bits per heavy atom. The lowest BCUT2D eigenvalue weighted by molar-refractivity contribution is -0.116. The molecule has 0 bridgehead atoms. The number of nitrogens with zero attached hydrogens (tertiary/aromatic N) is 1. The highest BCUT2D eigenvalue weighted by Gasteiger charge is 2.29. The van der Waals surface area contributed by atoms with Gasteiger partial charge in [0.25, 0.3) is 0 Å². The van der Waals surface area contributed by atoms with Crippen LogP contribution in [0.25, 0.3) is 0 Å². The first-order valence-corrected chi connectivity index (χ1v) is 9.27. The maximum Gasteiger partial charge on any atom is 0.247 e. The van der Waals surface area contributed by atoms with Crippen LogP contribution in [0.5, 0.6) is 5.75 Å². The molecule has 1 amide bonds. The van der Waals surface area contributed by atoms with Gasteiger partial charge in [-0.25, -0.2) is 12.8 Å². The molecule has 0 aliphatic carbocycles. The Labute approximate surface area is 146 Å². The number of ether oxygens (including phenoxy) is 1. The summed E-state index contributed by atoms with van der Waals surface area (Å²) >= 11 is 0. The fourth-order valence-corrected chi connectivity index (χ4v) is 3.53. The van der Waals surface area contributed by atoms with Crippen LogP contribution in [0, 0.1) is 5.82 Å². The van der Waals surface area contributed by atoms with Crippen molar-refractivity contribution in [2.75, 3.05) is 23.0 Å². The number of hydrogen-bond donors (Lipinski definition) is 1. The average Bonchev–Trinajstić information content (AvgIpc) is 2.54. The maximum atomic E-state index is 13.2. The largest absolute Gasteiger partial charge is 0.497 e. The van der Waals surface area contributed by atoms with E-state index in [1.807, 2.05) is 0 Å². The van der Waals surface area contributed by atoms with Gasteiger partial charge in [0.05, 0.1) is 19.1 Å². The number of benzene rings is 2. The van der Waals surface area contributed by atoms with E-state index in [1.165, 1.54) is 32.2 Å². The second kappa shape index (κ2) is 7.52. The summed E-state index contributed by atoms with van der Waals surface area (Å²) in [5.74, 6) is -0.513. The van der Waals surface area contributed by atoms with Crippen molar-refractivity contribution in [2.45, 2.75) is 13.0 Å². The number of carbonyl (C=O) groups excluding carboxylic acids is 1. The summed E-state index contributed by atoms with van der Waals surface area (Å²) in [7, 11) is -2.23. The first-order chi connectivity index (χ1) is 11.7. The third kappa shape index (κ3) is 4.69. The summed E-state index contributed by atoms with van der Waals surface area (Å²) in [6, 6.07) is 10.6. The number of halogens is 1. The van der Waals surface area contributed by atoms with Crippen LogP contribution < -0.4 is 14.4 Å². The number of rotatable bonds is 6. The lowest BCUT2D eigenvalue weighted by Gasteiger charge is -2.28. The number of nitrogens with one attached hydrogen (secondary N) is 1. The molecule has 0 aliphatic heterocycles. The Morgan fingerprint density at radius 3 is 2.36 bits per heavy atom. The van der Waals surface area contributed by atoms with Gasteiger partial charge >= 0.3 is 0 Å². The van der Waals surface area contributed by atoms with E-state index in [0.29, 0.717) is 11.4 Å². The molecule has 8 heteroatoms. The van der Waals surface area contributed by atoms with Crippen LogP contribution in [0.3, 0.4) is 0 Å². The van der Waals surface area contributed by atoms with E-state index in [0.717, 1.165) is 16.6 Å². The van der Waals surface area contributed by atoms with Gasteiger partial charge in [-0.1, -0.05) is 6.07 Å². The van der Waals surface area contributed by atoms with E-state index in [-0.39, 0.29) is 5.69 Å². The fraction of sp³-hybridized carbons (Fsp3) is 0.235. The van der Waals surface area contributed by atoms with Crippen molar-refractivity contribution in [3.05, 3.63) is 54.3 Å². The number of amides is 1. The summed E-state index contributed by atoms with van der Waals surface area (Å²) in [6.45, 7) is 1.46. The summed E-state index contributed by atoms with van der Waals surface area (Å²) in [6.07, 6.45) is 1.02. The molecule has 0 heterocycles. The normalized spacial score (nSPS) is 12.3. The molecule has 0 unspecified atom stereocenters. The molecular weight excluding hydrogens is 347 g/mol. The summed E-state index contributed by atoms with van der Waals surface area (Å²) in [4.78, 5) is 12.4. The third-order valence-corrected chi connectivity index (χ3v) is 4.75. The SMILES string of the molecule is COc1ccc(N([C@@H](C)C(=O)Nc2cccc(F)c2)S(C)(=O)=O)cc1. The predicted octanol–water partition coefficient (Wildman–Crippen LogP) is 2.63. The van der Waals surface area contributed by atoms with Gasteiger partial charge in [-0.2, -0.15) is 0 Å². The molecule has 134 valence electrons. The Hall–Kier alpha value is -2.61. The minimum atomic E-state index is -3.72. The maximum absolute atomic E-state index is 13.2. The smallest absolute Gasteiger partial charge is 0.247 e. The minimum Gasteiger partial charge on any atom is -0.497 e. The molecule has 2 rings (SSSR count). The zero-order valence-electron chi connectivity index (χ0n) is 14.1. The fourth-order valence-electron chi connectivity index (χ4n) is 2.35.